The first kappa shape index (κ1) is 26.1. The van der Waals surface area contributed by atoms with Gasteiger partial charge in [-0.25, -0.2) is 0 Å². The monoisotopic (exact) mass is 539 g/mol. The summed E-state index contributed by atoms with van der Waals surface area (Å²) in [6.45, 7) is 0. The van der Waals surface area contributed by atoms with E-state index in [4.69, 9.17) is 0 Å². The largest absolute Gasteiger partial charge is 0.293 e. The Morgan fingerprint density at radius 3 is 1.95 bits per heavy atom. The molecule has 3 heteroatoms. The predicted molar refractivity (Wildman–Crippen MR) is 163 cm³/mol. The smallest absolute Gasteiger partial charge is 0.181 e. The first-order chi connectivity index (χ1) is 20.2. The summed E-state index contributed by atoms with van der Waals surface area (Å²) in [7, 11) is 0. The van der Waals surface area contributed by atoms with Crippen LogP contribution in [0.1, 0.15) is 87.9 Å². The van der Waals surface area contributed by atoms with Crippen LogP contribution in [-0.2, 0) is 6.42 Å². The lowest BCUT2D eigenvalue weighted by atomic mass is 9.57. The van der Waals surface area contributed by atoms with Crippen molar-refractivity contribution in [3.05, 3.63) is 143 Å². The molecule has 0 aromatic heterocycles. The Balaban J connectivity index is 1.53. The number of benzene rings is 4. The summed E-state index contributed by atoms with van der Waals surface area (Å²) in [6, 6.07) is 38.7. The fraction of sp³-hybridized carbons (Fsp3) is 0.316. The van der Waals surface area contributed by atoms with Gasteiger partial charge < -0.3 is 0 Å². The third-order valence-electron chi connectivity index (χ3n) is 10.1. The Morgan fingerprint density at radius 1 is 0.683 bits per heavy atom. The molecule has 7 rings (SSSR count). The zero-order valence-electron chi connectivity index (χ0n) is 23.5. The van der Waals surface area contributed by atoms with Gasteiger partial charge in [0.2, 0.25) is 0 Å². The molecule has 206 valence electrons. The van der Waals surface area contributed by atoms with E-state index in [1.54, 1.807) is 0 Å². The Bertz CT molecular complexity index is 1530. The van der Waals surface area contributed by atoms with Gasteiger partial charge in [0, 0.05) is 29.1 Å². The van der Waals surface area contributed by atoms with E-state index < -0.39 is 11.5 Å². The minimum Gasteiger partial charge on any atom is -0.293 e. The summed E-state index contributed by atoms with van der Waals surface area (Å²) in [5, 5.41) is 0. The normalized spacial score (nSPS) is 26.6. The van der Waals surface area contributed by atoms with Gasteiger partial charge in [0.05, 0.1) is 11.5 Å². The lowest BCUT2D eigenvalue weighted by Gasteiger charge is -2.44. The SMILES string of the molecule is O=C(c1ccccc1)[C@H]1N(C2CCCCC2)[C@H](c2ccccc2)[C@@H](c2ccccc2)[C@@]12CCc1ccccc1C2=O. The molecule has 1 heterocycles. The number of Topliss-reactive ketones (excluding diaryl/α,β-unsaturated/α-hetero) is 2. The molecule has 0 unspecified atom stereocenters. The van der Waals surface area contributed by atoms with Crippen molar-refractivity contribution in [2.45, 2.75) is 69.0 Å². The molecule has 1 spiro atoms. The van der Waals surface area contributed by atoms with Crippen molar-refractivity contribution in [2.75, 3.05) is 0 Å². The quantitative estimate of drug-likeness (QED) is 0.240. The van der Waals surface area contributed by atoms with E-state index in [-0.39, 0.29) is 29.6 Å². The van der Waals surface area contributed by atoms with Crippen molar-refractivity contribution in [1.82, 2.24) is 4.90 Å². The minimum absolute atomic E-state index is 0.0754. The van der Waals surface area contributed by atoms with Crippen molar-refractivity contribution in [2.24, 2.45) is 5.41 Å². The molecule has 0 radical (unpaired) electrons. The van der Waals surface area contributed by atoms with E-state index in [9.17, 15) is 4.79 Å². The van der Waals surface area contributed by atoms with Crippen molar-refractivity contribution in [3.8, 4) is 0 Å². The van der Waals surface area contributed by atoms with Crippen molar-refractivity contribution in [1.29, 1.82) is 0 Å². The van der Waals surface area contributed by atoms with E-state index >= 15 is 4.79 Å². The molecule has 4 atom stereocenters. The summed E-state index contributed by atoms with van der Waals surface area (Å²) in [5.41, 5.74) is 4.07. The van der Waals surface area contributed by atoms with Crippen molar-refractivity contribution in [3.63, 3.8) is 0 Å². The maximum atomic E-state index is 15.2. The van der Waals surface area contributed by atoms with Gasteiger partial charge in [-0.1, -0.05) is 135 Å². The number of rotatable bonds is 5. The molecule has 1 saturated carbocycles. The molecule has 3 nitrogen and oxygen atoms in total. The van der Waals surface area contributed by atoms with Gasteiger partial charge in [-0.2, -0.15) is 0 Å². The number of likely N-dealkylation sites (tertiary alicyclic amines) is 1. The number of aryl methyl sites for hydroxylation is 1. The highest BCUT2D eigenvalue weighted by molar-refractivity contribution is 6.11. The van der Waals surface area contributed by atoms with Crippen LogP contribution in [-0.4, -0.2) is 28.6 Å². The first-order valence-corrected chi connectivity index (χ1v) is 15.3. The van der Waals surface area contributed by atoms with Crippen LogP contribution in [0.3, 0.4) is 0 Å². The van der Waals surface area contributed by atoms with Crippen molar-refractivity contribution < 1.29 is 9.59 Å². The summed E-state index contributed by atoms with van der Waals surface area (Å²) in [4.78, 5) is 32.7. The third-order valence-corrected chi connectivity index (χ3v) is 10.1. The summed E-state index contributed by atoms with van der Waals surface area (Å²) in [5.74, 6) is 0.0801. The predicted octanol–water partition coefficient (Wildman–Crippen LogP) is 8.23. The van der Waals surface area contributed by atoms with Crippen LogP contribution in [0.25, 0.3) is 0 Å². The number of hydrogen-bond acceptors (Lipinski definition) is 3. The van der Waals surface area contributed by atoms with Gasteiger partial charge in [-0.3, -0.25) is 14.5 Å². The molecule has 4 aromatic rings. The number of fused-ring (bicyclic) bond motifs is 1. The topological polar surface area (TPSA) is 37.4 Å². The van der Waals surface area contributed by atoms with E-state index in [1.165, 1.54) is 12.0 Å². The second-order valence-electron chi connectivity index (χ2n) is 12.1. The van der Waals surface area contributed by atoms with E-state index in [1.807, 2.05) is 54.6 Å². The Labute approximate surface area is 243 Å². The highest BCUT2D eigenvalue weighted by Crippen LogP contribution is 2.63. The Kier molecular flexibility index (Phi) is 6.92. The van der Waals surface area contributed by atoms with Crippen LogP contribution >= 0.6 is 0 Å². The number of carbonyl (C=O) groups excluding carboxylic acids is 2. The molecule has 3 aliphatic rings. The number of carbonyl (C=O) groups is 2. The molecular weight excluding hydrogens is 502 g/mol. The van der Waals surface area contributed by atoms with Crippen LogP contribution < -0.4 is 0 Å². The summed E-state index contributed by atoms with van der Waals surface area (Å²) in [6.07, 6.45) is 7.14. The molecule has 4 aromatic carbocycles. The first-order valence-electron chi connectivity index (χ1n) is 15.3. The van der Waals surface area contributed by atoms with Crippen molar-refractivity contribution >= 4 is 11.6 Å². The molecule has 0 bridgehead atoms. The van der Waals surface area contributed by atoms with E-state index in [0.29, 0.717) is 12.0 Å². The highest BCUT2D eigenvalue weighted by atomic mass is 16.1. The average Bonchev–Trinajstić information content (AvgIpc) is 3.36. The third kappa shape index (κ3) is 4.30. The molecule has 2 fully saturated rings. The molecular formula is C38H37NO2. The van der Waals surface area contributed by atoms with Gasteiger partial charge in [-0.05, 0) is 42.4 Å². The van der Waals surface area contributed by atoms with Gasteiger partial charge in [-0.15, -0.1) is 0 Å². The minimum atomic E-state index is -0.874. The fourth-order valence-electron chi connectivity index (χ4n) is 8.38. The second kappa shape index (κ2) is 10.9. The summed E-state index contributed by atoms with van der Waals surface area (Å²) < 4.78 is 0. The Morgan fingerprint density at radius 2 is 1.27 bits per heavy atom. The van der Waals surface area contributed by atoms with Gasteiger partial charge in [0.1, 0.15) is 0 Å². The fourth-order valence-corrected chi connectivity index (χ4v) is 8.38. The highest BCUT2D eigenvalue weighted by Gasteiger charge is 2.67. The molecule has 0 N–H and O–H groups in total. The molecule has 1 aliphatic heterocycles. The van der Waals surface area contributed by atoms with Crippen LogP contribution in [0.2, 0.25) is 0 Å². The maximum Gasteiger partial charge on any atom is 0.181 e. The zero-order chi connectivity index (χ0) is 27.8. The number of hydrogen-bond donors (Lipinski definition) is 0. The van der Waals surface area contributed by atoms with Crippen LogP contribution in [0.15, 0.2) is 115 Å². The second-order valence-corrected chi connectivity index (χ2v) is 12.1. The standard InChI is InChI=1S/C38H37NO2/c40-35(30-20-9-3-10-21-30)36-38(26-25-27-15-13-14-24-32(27)37(38)41)33(28-16-5-1-6-17-28)34(29-18-7-2-8-19-29)39(36)31-22-11-4-12-23-31/h1-3,5-10,13-21,24,31,33-34,36H,4,11-12,22-23,25-26H2/t33-,34-,36-,38+/m1/s1. The molecule has 1 saturated heterocycles. The molecule has 41 heavy (non-hydrogen) atoms. The van der Waals surface area contributed by atoms with Gasteiger partial charge in [0.25, 0.3) is 0 Å². The lowest BCUT2D eigenvalue weighted by molar-refractivity contribution is 0.0414. The van der Waals surface area contributed by atoms with Crippen LogP contribution in [0.4, 0.5) is 0 Å². The van der Waals surface area contributed by atoms with Crippen LogP contribution in [0, 0.1) is 5.41 Å². The van der Waals surface area contributed by atoms with E-state index in [0.717, 1.165) is 48.8 Å². The van der Waals surface area contributed by atoms with Gasteiger partial charge in [0.15, 0.2) is 11.6 Å². The Hall–Kier alpha value is -3.82. The van der Waals surface area contributed by atoms with Gasteiger partial charge >= 0.3 is 0 Å². The van der Waals surface area contributed by atoms with Crippen LogP contribution in [0.5, 0.6) is 0 Å². The van der Waals surface area contributed by atoms with E-state index in [2.05, 4.69) is 65.6 Å². The number of ketones is 2. The maximum absolute atomic E-state index is 15.2. The average molecular weight is 540 g/mol. The molecule has 0 amide bonds. The summed E-state index contributed by atoms with van der Waals surface area (Å²) >= 11 is 0. The zero-order valence-corrected chi connectivity index (χ0v) is 23.5. The lowest BCUT2D eigenvalue weighted by Crippen LogP contribution is -2.55. The molecule has 2 aliphatic carbocycles. The number of nitrogens with zero attached hydrogens (tertiary/aromatic N) is 1.